The predicted octanol–water partition coefficient (Wildman–Crippen LogP) is 2.17. The van der Waals surface area contributed by atoms with Crippen molar-refractivity contribution in [1.29, 1.82) is 0 Å². The first-order valence-electron chi connectivity index (χ1n) is 4.07. The van der Waals surface area contributed by atoms with E-state index >= 15 is 0 Å². The zero-order valence-corrected chi connectivity index (χ0v) is 7.54. The molecule has 0 saturated heterocycles. The lowest BCUT2D eigenvalue weighted by molar-refractivity contribution is -0.517. The van der Waals surface area contributed by atoms with Gasteiger partial charge in [-0.2, -0.15) is 0 Å². The average Bonchev–Trinajstić information content (AvgIpc) is 2.01. The van der Waals surface area contributed by atoms with Gasteiger partial charge in [0, 0.05) is 24.3 Å². The highest BCUT2D eigenvalue weighted by molar-refractivity contribution is 5.18. The van der Waals surface area contributed by atoms with E-state index in [1.807, 2.05) is 0 Å². The van der Waals surface area contributed by atoms with Crippen molar-refractivity contribution in [1.82, 2.24) is 0 Å². The monoisotopic (exact) mass is 201 g/mol. The third-order valence-corrected chi connectivity index (χ3v) is 1.81. The van der Waals surface area contributed by atoms with Crippen molar-refractivity contribution in [3.8, 4) is 0 Å². The number of hydrogen-bond acceptors (Lipinski definition) is 2. The molecule has 0 aliphatic carbocycles. The van der Waals surface area contributed by atoms with Gasteiger partial charge in [-0.3, -0.25) is 10.1 Å². The second-order valence-corrected chi connectivity index (χ2v) is 3.12. The zero-order chi connectivity index (χ0) is 10.7. The van der Waals surface area contributed by atoms with Gasteiger partial charge in [0.05, 0.1) is 0 Å². The van der Waals surface area contributed by atoms with Crippen LogP contribution in [-0.4, -0.2) is 11.0 Å². The molecule has 1 rings (SSSR count). The van der Waals surface area contributed by atoms with Gasteiger partial charge >= 0.3 is 0 Å². The fourth-order valence-electron chi connectivity index (χ4n) is 1.14. The van der Waals surface area contributed by atoms with E-state index < -0.39 is 22.6 Å². The molecule has 1 atom stereocenters. The van der Waals surface area contributed by atoms with Crippen LogP contribution in [0.25, 0.3) is 0 Å². The molecular formula is C9H9F2NO2. The fourth-order valence-corrected chi connectivity index (χ4v) is 1.14. The Morgan fingerprint density at radius 1 is 1.36 bits per heavy atom. The Hall–Kier alpha value is -1.52. The highest BCUT2D eigenvalue weighted by Gasteiger charge is 2.14. The maximum absolute atomic E-state index is 12.7. The van der Waals surface area contributed by atoms with E-state index in [-0.39, 0.29) is 6.42 Å². The third kappa shape index (κ3) is 2.76. The van der Waals surface area contributed by atoms with E-state index in [9.17, 15) is 18.9 Å². The molecule has 0 saturated carbocycles. The Labute approximate surface area is 79.5 Å². The molecule has 76 valence electrons. The van der Waals surface area contributed by atoms with E-state index in [2.05, 4.69) is 0 Å². The van der Waals surface area contributed by atoms with Crippen molar-refractivity contribution in [2.45, 2.75) is 19.4 Å². The quantitative estimate of drug-likeness (QED) is 0.555. The summed E-state index contributed by atoms with van der Waals surface area (Å²) in [4.78, 5) is 9.81. The summed E-state index contributed by atoms with van der Waals surface area (Å²) in [5.41, 5.74) is 0.298. The van der Waals surface area contributed by atoms with E-state index in [0.717, 1.165) is 18.2 Å². The van der Waals surface area contributed by atoms with E-state index in [1.54, 1.807) is 0 Å². The van der Waals surface area contributed by atoms with Gasteiger partial charge in [-0.05, 0) is 17.7 Å². The molecule has 3 nitrogen and oxygen atoms in total. The van der Waals surface area contributed by atoms with E-state index in [0.29, 0.717) is 5.56 Å². The van der Waals surface area contributed by atoms with E-state index in [4.69, 9.17) is 0 Å². The minimum absolute atomic E-state index is 0.0294. The van der Waals surface area contributed by atoms with Gasteiger partial charge in [0.15, 0.2) is 0 Å². The molecule has 14 heavy (non-hydrogen) atoms. The van der Waals surface area contributed by atoms with Crippen LogP contribution < -0.4 is 0 Å². The maximum atomic E-state index is 12.7. The molecule has 0 bridgehead atoms. The van der Waals surface area contributed by atoms with Crippen molar-refractivity contribution in [2.75, 3.05) is 0 Å². The molecule has 1 unspecified atom stereocenters. The molecule has 0 radical (unpaired) electrons. The van der Waals surface area contributed by atoms with Crippen LogP contribution in [0.2, 0.25) is 0 Å². The van der Waals surface area contributed by atoms with Crippen LogP contribution in [0.3, 0.4) is 0 Å². The minimum Gasteiger partial charge on any atom is -0.264 e. The molecule has 5 heteroatoms. The van der Waals surface area contributed by atoms with Gasteiger partial charge in [-0.1, -0.05) is 0 Å². The summed E-state index contributed by atoms with van der Waals surface area (Å²) < 4.78 is 25.3. The Morgan fingerprint density at radius 2 is 1.86 bits per heavy atom. The lowest BCUT2D eigenvalue weighted by atomic mass is 10.1. The van der Waals surface area contributed by atoms with Gasteiger partial charge in [0.2, 0.25) is 6.04 Å². The Balaban J connectivity index is 2.81. The maximum Gasteiger partial charge on any atom is 0.214 e. The number of hydrogen-bond donors (Lipinski definition) is 0. The molecule has 1 aromatic rings. The van der Waals surface area contributed by atoms with Crippen LogP contribution in [0.5, 0.6) is 0 Å². The molecule has 1 aromatic carbocycles. The topological polar surface area (TPSA) is 43.1 Å². The standard InChI is InChI=1S/C9H9F2NO2/c1-6(12(13)14)2-7-3-8(10)5-9(11)4-7/h3-6H,2H2,1H3. The number of benzene rings is 1. The summed E-state index contributed by atoms with van der Waals surface area (Å²) in [7, 11) is 0. The normalized spacial score (nSPS) is 12.5. The number of nitro groups is 1. The zero-order valence-electron chi connectivity index (χ0n) is 7.54. The predicted molar refractivity (Wildman–Crippen MR) is 46.5 cm³/mol. The lowest BCUT2D eigenvalue weighted by Crippen LogP contribution is -2.17. The summed E-state index contributed by atoms with van der Waals surface area (Å²) in [6.07, 6.45) is 0.0294. The number of halogens is 2. The van der Waals surface area contributed by atoms with Crippen LogP contribution >= 0.6 is 0 Å². The van der Waals surface area contributed by atoms with Crippen LogP contribution in [-0.2, 0) is 6.42 Å². The summed E-state index contributed by atoms with van der Waals surface area (Å²) in [6.45, 7) is 1.39. The Bertz CT molecular complexity index is 334. The first-order chi connectivity index (χ1) is 6.49. The minimum atomic E-state index is -0.837. The largest absolute Gasteiger partial charge is 0.264 e. The fraction of sp³-hybridized carbons (Fsp3) is 0.333. The molecule has 0 heterocycles. The molecule has 0 amide bonds. The Kier molecular flexibility index (Phi) is 3.11. The van der Waals surface area contributed by atoms with Gasteiger partial charge in [-0.25, -0.2) is 8.78 Å². The summed E-state index contributed by atoms with van der Waals surface area (Å²) in [5, 5.41) is 10.3. The SMILES string of the molecule is CC(Cc1cc(F)cc(F)c1)[N+](=O)[O-]. The van der Waals surface area contributed by atoms with Crippen LogP contribution in [0.1, 0.15) is 12.5 Å². The Morgan fingerprint density at radius 3 is 2.29 bits per heavy atom. The second kappa shape index (κ2) is 4.13. The average molecular weight is 201 g/mol. The van der Waals surface area contributed by atoms with Crippen LogP contribution in [0, 0.1) is 21.7 Å². The summed E-state index contributed by atoms with van der Waals surface area (Å²) in [6, 6.07) is 2.10. The highest BCUT2D eigenvalue weighted by Crippen LogP contribution is 2.10. The molecule has 0 aromatic heterocycles. The molecule has 0 N–H and O–H groups in total. The van der Waals surface area contributed by atoms with Gasteiger partial charge in [0.25, 0.3) is 0 Å². The smallest absolute Gasteiger partial charge is 0.214 e. The first kappa shape index (κ1) is 10.6. The van der Waals surface area contributed by atoms with Crippen molar-refractivity contribution in [2.24, 2.45) is 0 Å². The molecule has 0 spiro atoms. The lowest BCUT2D eigenvalue weighted by Gasteiger charge is -2.04. The summed E-state index contributed by atoms with van der Waals surface area (Å²) >= 11 is 0. The summed E-state index contributed by atoms with van der Waals surface area (Å²) in [5.74, 6) is -1.42. The molecule has 0 fully saturated rings. The van der Waals surface area contributed by atoms with Crippen molar-refractivity contribution < 1.29 is 13.7 Å². The van der Waals surface area contributed by atoms with Crippen molar-refractivity contribution in [3.63, 3.8) is 0 Å². The highest BCUT2D eigenvalue weighted by atomic mass is 19.1. The van der Waals surface area contributed by atoms with Gasteiger partial charge in [-0.15, -0.1) is 0 Å². The first-order valence-corrected chi connectivity index (χ1v) is 4.07. The van der Waals surface area contributed by atoms with Crippen LogP contribution in [0.4, 0.5) is 8.78 Å². The number of nitrogens with zero attached hydrogens (tertiary/aromatic N) is 1. The van der Waals surface area contributed by atoms with Crippen molar-refractivity contribution >= 4 is 0 Å². The molecular weight excluding hydrogens is 192 g/mol. The second-order valence-electron chi connectivity index (χ2n) is 3.12. The van der Waals surface area contributed by atoms with Crippen molar-refractivity contribution in [3.05, 3.63) is 45.5 Å². The molecule has 0 aliphatic rings. The number of rotatable bonds is 3. The van der Waals surface area contributed by atoms with Crippen LogP contribution in [0.15, 0.2) is 18.2 Å². The third-order valence-electron chi connectivity index (χ3n) is 1.81. The molecule has 0 aliphatic heterocycles. The van der Waals surface area contributed by atoms with Gasteiger partial charge in [0.1, 0.15) is 11.6 Å². The van der Waals surface area contributed by atoms with E-state index in [1.165, 1.54) is 6.92 Å². The van der Waals surface area contributed by atoms with Gasteiger partial charge < -0.3 is 0 Å².